The molecule has 6 heterocycles. The van der Waals surface area contributed by atoms with Crippen LogP contribution in [0.4, 0.5) is 27.5 Å². The van der Waals surface area contributed by atoms with E-state index in [0.29, 0.717) is 6.54 Å². The molecule has 14 nitrogen and oxygen atoms in total. The Morgan fingerprint density at radius 3 is 1.46 bits per heavy atom. The Morgan fingerprint density at radius 2 is 0.979 bits per heavy atom. The van der Waals surface area contributed by atoms with Crippen molar-refractivity contribution in [3.05, 3.63) is 128 Å². The smallest absolute Gasteiger partial charge is 0.410 e. The van der Waals surface area contributed by atoms with Crippen molar-refractivity contribution in [3.63, 3.8) is 0 Å². The lowest BCUT2D eigenvalue weighted by molar-refractivity contribution is -0.128. The summed E-state index contributed by atoms with van der Waals surface area (Å²) in [5.41, 5.74) is 20.5. The molecule has 4 aromatic rings. The number of aryl methyl sites for hydroxylation is 6. The first-order valence-corrected chi connectivity index (χ1v) is 37.2. The summed E-state index contributed by atoms with van der Waals surface area (Å²) >= 11 is 5.67. The number of nitrogens with one attached hydrogen (secondary N) is 1. The molecule has 0 bridgehead atoms. The zero-order valence-electron chi connectivity index (χ0n) is 60.2. The van der Waals surface area contributed by atoms with E-state index in [4.69, 9.17) is 14.7 Å². The monoisotopic (exact) mass is 1490 g/mol. The van der Waals surface area contributed by atoms with Gasteiger partial charge in [0, 0.05) is 156 Å². The summed E-state index contributed by atoms with van der Waals surface area (Å²) in [7, 11) is 12.7. The number of carbonyl (C=O) groups is 2. The number of aromatic nitrogens is 2. The molecule has 4 aromatic carbocycles. The summed E-state index contributed by atoms with van der Waals surface area (Å²) < 4.78 is 12.5. The second-order valence-electron chi connectivity index (χ2n) is 27.2. The van der Waals surface area contributed by atoms with Gasteiger partial charge >= 0.3 is 6.09 Å². The highest BCUT2D eigenvalue weighted by atomic mass is 127. The van der Waals surface area contributed by atoms with E-state index < -0.39 is 5.60 Å². The number of carbonyl (C=O) groups excluding carboxylic acids is 2. The molecule has 2 aliphatic carbocycles. The van der Waals surface area contributed by atoms with E-state index in [2.05, 4.69) is 191 Å². The summed E-state index contributed by atoms with van der Waals surface area (Å²) in [6.45, 7) is 31.9. The summed E-state index contributed by atoms with van der Waals surface area (Å²) in [5.74, 6) is 0.192. The maximum Gasteiger partial charge on any atom is 0.410 e. The van der Waals surface area contributed by atoms with Crippen LogP contribution in [0.25, 0.3) is 41.6 Å². The van der Waals surface area contributed by atoms with Gasteiger partial charge in [-0.2, -0.15) is 0 Å². The molecular formula is C77H105ClIN11O3S3. The first-order chi connectivity index (χ1) is 45.1. The Bertz CT molecular complexity index is 4130. The number of benzene rings is 6. The Balaban J connectivity index is 0.000000183. The van der Waals surface area contributed by atoms with Gasteiger partial charge in [0.2, 0.25) is 16.6 Å². The SMILES string of the molecule is CCc1cc(=[N+](C)C)cc2sc3cc(N4CCCN(C(=O)OC(C)(C)C)CC4)cc(CC)c3nc1-2.CCc1cc(=[N+](C)C)cc2sc3cc(N4CCCNCC4)cc(CC)c3nc1-2.CCc1cc(N(C)C)cc2c1Cc1c(CC)cc(N3CCCN(C(C)=O)CC3)cc1S2.[Cl-].[I-]. The second-order valence-corrected chi connectivity index (χ2v) is 30.5. The first-order valence-electron chi connectivity index (χ1n) is 34.8. The van der Waals surface area contributed by atoms with E-state index >= 15 is 0 Å². The minimum absolute atomic E-state index is 0. The van der Waals surface area contributed by atoms with Gasteiger partial charge in [-0.15, -0.1) is 22.7 Å². The zero-order valence-corrected chi connectivity index (χ0v) is 65.5. The number of anilines is 4. The largest absolute Gasteiger partial charge is 1.00 e. The summed E-state index contributed by atoms with van der Waals surface area (Å²) in [5, 5.41) is 5.98. The van der Waals surface area contributed by atoms with Crippen LogP contribution < -0.4 is 81.2 Å². The minimum Gasteiger partial charge on any atom is -1.00 e. The van der Waals surface area contributed by atoms with Crippen molar-refractivity contribution in [2.24, 2.45) is 0 Å². The number of ether oxygens (including phenoxy) is 1. The third-order valence-electron chi connectivity index (χ3n) is 18.9. The molecule has 0 saturated carbocycles. The molecule has 6 aliphatic heterocycles. The van der Waals surface area contributed by atoms with Crippen LogP contribution in [0.1, 0.15) is 133 Å². The summed E-state index contributed by atoms with van der Waals surface area (Å²) in [4.78, 5) is 53.6. The molecule has 0 aromatic heterocycles. The molecule has 0 unspecified atom stereocenters. The number of amides is 2. The average Bonchev–Trinajstić information content (AvgIpc) is 0.793. The van der Waals surface area contributed by atoms with Gasteiger partial charge in [0.05, 0.1) is 41.6 Å². The fourth-order valence-electron chi connectivity index (χ4n) is 13.4. The van der Waals surface area contributed by atoms with Crippen molar-refractivity contribution in [2.75, 3.05) is 140 Å². The predicted octanol–water partition coefficient (Wildman–Crippen LogP) is 7.36. The van der Waals surface area contributed by atoms with Crippen LogP contribution in [-0.2, 0) is 54.5 Å². The summed E-state index contributed by atoms with van der Waals surface area (Å²) in [6, 6.07) is 28.0. The van der Waals surface area contributed by atoms with Gasteiger partial charge in [-0.05, 0) is 178 Å². The highest BCUT2D eigenvalue weighted by Gasteiger charge is 2.28. The molecule has 2 amide bonds. The van der Waals surface area contributed by atoms with Gasteiger partial charge < -0.3 is 75.8 Å². The lowest BCUT2D eigenvalue weighted by Gasteiger charge is -2.29. The first kappa shape index (κ1) is 76.0. The third-order valence-corrected chi connectivity index (χ3v) is 22.2. The van der Waals surface area contributed by atoms with Crippen LogP contribution in [0.15, 0.2) is 82.6 Å². The molecular weight excluding hydrogens is 1390 g/mol. The highest BCUT2D eigenvalue weighted by molar-refractivity contribution is 7.99. The van der Waals surface area contributed by atoms with Crippen LogP contribution in [-0.4, -0.2) is 158 Å². The molecule has 0 atom stereocenters. The second kappa shape index (κ2) is 33.9. The molecule has 0 radical (unpaired) electrons. The van der Waals surface area contributed by atoms with Gasteiger partial charge in [0.1, 0.15) is 33.8 Å². The lowest BCUT2D eigenvalue weighted by atomic mass is 9.92. The topological polar surface area (TPSA) is 107 Å². The van der Waals surface area contributed by atoms with Crippen molar-refractivity contribution in [3.8, 4) is 21.1 Å². The Morgan fingerprint density at radius 1 is 0.531 bits per heavy atom. The summed E-state index contributed by atoms with van der Waals surface area (Å²) in [6.07, 6.45) is 10.0. The van der Waals surface area contributed by atoms with Gasteiger partial charge in [-0.25, -0.2) is 23.9 Å². The quantitative estimate of drug-likeness (QED) is 0.0844. The van der Waals surface area contributed by atoms with E-state index in [-0.39, 0.29) is 48.4 Å². The van der Waals surface area contributed by atoms with E-state index in [1.807, 2.05) is 65.0 Å². The van der Waals surface area contributed by atoms with Crippen LogP contribution in [0, 0.1) is 0 Å². The average molecular weight is 1490 g/mol. The van der Waals surface area contributed by atoms with Gasteiger partial charge in [-0.3, -0.25) is 4.79 Å². The number of halogens is 2. The maximum absolute atomic E-state index is 12.6. The number of rotatable bonds is 10. The molecule has 96 heavy (non-hydrogen) atoms. The normalized spacial score (nSPS) is 15.0. The molecule has 1 N–H and O–H groups in total. The third kappa shape index (κ3) is 17.8. The van der Waals surface area contributed by atoms with E-state index in [9.17, 15) is 9.59 Å². The van der Waals surface area contributed by atoms with Crippen molar-refractivity contribution < 1.29 is 50.7 Å². The van der Waals surface area contributed by atoms with Gasteiger partial charge in [0.25, 0.3) is 0 Å². The van der Waals surface area contributed by atoms with Crippen molar-refractivity contribution in [1.82, 2.24) is 34.2 Å². The molecule has 3 saturated heterocycles. The van der Waals surface area contributed by atoms with Gasteiger partial charge in [0.15, 0.2) is 0 Å². The van der Waals surface area contributed by atoms with Crippen LogP contribution in [0.5, 0.6) is 0 Å². The minimum atomic E-state index is -0.474. The Hall–Kier alpha value is -5.77. The molecule has 518 valence electrons. The standard InChI is InChI=1S/C28H39N4O2S.C26H35N3OS.C23H31N4S.ClH.HI/c1-8-19-15-21(30(6)7)17-23-25(19)29-26-20(9-2)16-22(18-24(26)35-23)31-11-10-12-32(14-13-31)27(33)34-28(3,4)5;1-6-19-13-21(27(4)5)15-25-23(19)17-24-20(7-2)14-22(16-26(24)31-25)29-10-8-9-28(11-12-29)18(3)30;1-5-16-12-18(26(3)4)14-20-22(16)25-23-17(6-2)13-19(15-21(23)28-20)27-10-7-8-24-9-11-27;;/h15-18H,8-14H2,1-7H3;13-16H,6-12,17H2,1-5H3;12-15,24H,5-11H2,1-4H3;2*1H/q+1;;+1;;/p-2. The Kier molecular flexibility index (Phi) is 26.8. The molecule has 12 rings (SSSR count). The van der Waals surface area contributed by atoms with Crippen molar-refractivity contribution in [2.45, 2.75) is 149 Å². The number of nitrogens with zero attached hydrogens (tertiary/aromatic N) is 10. The molecule has 0 spiro atoms. The molecule has 8 aliphatic rings. The van der Waals surface area contributed by atoms with Crippen LogP contribution in [0.3, 0.4) is 0 Å². The molecule has 19 heteroatoms. The molecule has 3 fully saturated rings. The van der Waals surface area contributed by atoms with Crippen LogP contribution >= 0.6 is 34.4 Å². The number of fused-ring (bicyclic) bond motifs is 6. The fourth-order valence-corrected chi connectivity index (χ4v) is 17.0. The van der Waals surface area contributed by atoms with Crippen molar-refractivity contribution >= 4 is 89.6 Å². The van der Waals surface area contributed by atoms with Gasteiger partial charge in [-0.1, -0.05) is 53.3 Å². The lowest BCUT2D eigenvalue weighted by Crippen LogP contribution is -3.00. The van der Waals surface area contributed by atoms with E-state index in [0.717, 1.165) is 141 Å². The van der Waals surface area contributed by atoms with E-state index in [1.54, 1.807) is 6.92 Å². The fraction of sp³-hybridized carbons (Fsp3) is 0.506. The van der Waals surface area contributed by atoms with Crippen molar-refractivity contribution in [1.29, 1.82) is 0 Å². The predicted molar refractivity (Wildman–Crippen MR) is 401 cm³/mol. The maximum atomic E-state index is 12.6. The zero-order chi connectivity index (χ0) is 67.1. The van der Waals surface area contributed by atoms with E-state index in [1.165, 1.54) is 125 Å². The van der Waals surface area contributed by atoms with Crippen LogP contribution in [0.2, 0.25) is 0 Å². The highest BCUT2D eigenvalue weighted by Crippen LogP contribution is 2.46. The number of hydrogen-bond donors (Lipinski definition) is 1. The Labute approximate surface area is 608 Å². The number of hydrogen-bond acceptors (Lipinski definition) is 13.